The van der Waals surface area contributed by atoms with Crippen LogP contribution in [-0.4, -0.2) is 64.7 Å². The maximum absolute atomic E-state index is 15.2. The highest BCUT2D eigenvalue weighted by atomic mass is 19.1. The molecule has 1 aliphatic heterocycles. The molecule has 42 heavy (non-hydrogen) atoms. The number of ether oxygens (including phenoxy) is 2. The van der Waals surface area contributed by atoms with Crippen molar-refractivity contribution in [1.82, 2.24) is 20.1 Å². The number of morpholine rings is 1. The molecule has 1 saturated carbocycles. The highest BCUT2D eigenvalue weighted by molar-refractivity contribution is 6.16. The van der Waals surface area contributed by atoms with Crippen LogP contribution in [0.1, 0.15) is 25.0 Å². The van der Waals surface area contributed by atoms with E-state index >= 15 is 4.39 Å². The average molecular weight is 577 g/mol. The fraction of sp³-hybridized carbons (Fsp3) is 0.333. The Kier molecular flexibility index (Phi) is 7.81. The van der Waals surface area contributed by atoms with Crippen LogP contribution in [0.4, 0.5) is 20.2 Å². The number of hydrogen-bond acceptors (Lipinski definition) is 7. The summed E-state index contributed by atoms with van der Waals surface area (Å²) >= 11 is 0. The Labute approximate surface area is 240 Å². The molecule has 2 aromatic carbocycles. The first kappa shape index (κ1) is 27.7. The maximum atomic E-state index is 15.2. The number of amides is 2. The van der Waals surface area contributed by atoms with Crippen molar-refractivity contribution in [3.05, 3.63) is 72.1 Å². The minimum Gasteiger partial charge on any atom is -0.453 e. The molecule has 0 bridgehead atoms. The van der Waals surface area contributed by atoms with Gasteiger partial charge in [0.15, 0.2) is 17.2 Å². The van der Waals surface area contributed by atoms with E-state index in [1.807, 2.05) is 0 Å². The number of carbonyl (C=O) groups is 2. The van der Waals surface area contributed by atoms with Gasteiger partial charge in [0.25, 0.3) is 0 Å². The van der Waals surface area contributed by atoms with Crippen LogP contribution in [0.2, 0.25) is 0 Å². The van der Waals surface area contributed by atoms with Crippen LogP contribution in [0.5, 0.6) is 11.5 Å². The number of pyridine rings is 1. The fourth-order valence-corrected chi connectivity index (χ4v) is 5.05. The number of halogens is 2. The molecule has 0 atom stereocenters. The molecule has 1 saturated heterocycles. The van der Waals surface area contributed by atoms with Gasteiger partial charge in [-0.3, -0.25) is 19.6 Å². The zero-order chi connectivity index (χ0) is 29.1. The van der Waals surface area contributed by atoms with Crippen molar-refractivity contribution in [2.75, 3.05) is 43.5 Å². The largest absolute Gasteiger partial charge is 0.453 e. The number of benzene rings is 2. The van der Waals surface area contributed by atoms with Gasteiger partial charge in [-0.25, -0.2) is 13.8 Å². The van der Waals surface area contributed by atoms with Crippen LogP contribution < -0.4 is 15.4 Å². The zero-order valence-electron chi connectivity index (χ0n) is 22.8. The standard InChI is InChI=1S/C30H30F2N6O4/c31-19-3-5-20(6-4-19)34-28(39)30(10-11-30)29(40)35-21-7-8-24(22(32)18-21)42-25-9-12-33-27-26(25)23(36-37-27)2-1-13-38-14-16-41-17-15-38/h3-9,12,18H,1-2,10-11,13-17H2,(H,34,39)(H,35,40)(H,33,36,37). The quantitative estimate of drug-likeness (QED) is 0.235. The Morgan fingerprint density at radius 2 is 1.69 bits per heavy atom. The van der Waals surface area contributed by atoms with Gasteiger partial charge in [-0.15, -0.1) is 0 Å². The molecule has 0 unspecified atom stereocenters. The SMILES string of the molecule is O=C(Nc1ccc(F)cc1)C1(C(=O)Nc2ccc(Oc3ccnc4n[nH]c(CCCN5CCOCC5)c34)c(F)c2)CC1. The molecule has 2 amide bonds. The number of H-pyrrole nitrogens is 1. The lowest BCUT2D eigenvalue weighted by Crippen LogP contribution is -2.36. The van der Waals surface area contributed by atoms with Crippen molar-refractivity contribution in [3.63, 3.8) is 0 Å². The van der Waals surface area contributed by atoms with Crippen LogP contribution in [0.3, 0.4) is 0 Å². The molecule has 12 heteroatoms. The van der Waals surface area contributed by atoms with Crippen molar-refractivity contribution >= 4 is 34.2 Å². The third kappa shape index (κ3) is 5.95. The predicted octanol–water partition coefficient (Wildman–Crippen LogP) is 4.65. The van der Waals surface area contributed by atoms with E-state index in [9.17, 15) is 14.0 Å². The first-order valence-corrected chi connectivity index (χ1v) is 13.9. The molecule has 6 rings (SSSR count). The summed E-state index contributed by atoms with van der Waals surface area (Å²) in [5.41, 5.74) is 0.655. The van der Waals surface area contributed by atoms with Crippen LogP contribution in [0.15, 0.2) is 54.7 Å². The van der Waals surface area contributed by atoms with E-state index in [4.69, 9.17) is 9.47 Å². The number of nitrogens with zero attached hydrogens (tertiary/aromatic N) is 3. The number of nitrogens with one attached hydrogen (secondary N) is 3. The molecular formula is C30H30F2N6O4. The summed E-state index contributed by atoms with van der Waals surface area (Å²) in [5.74, 6) is -1.76. The fourth-order valence-electron chi connectivity index (χ4n) is 5.05. The molecule has 2 aromatic heterocycles. The minimum atomic E-state index is -1.26. The molecule has 2 fully saturated rings. The van der Waals surface area contributed by atoms with E-state index in [0.29, 0.717) is 35.3 Å². The molecule has 10 nitrogen and oxygen atoms in total. The van der Waals surface area contributed by atoms with Crippen LogP contribution in [0, 0.1) is 17.0 Å². The van der Waals surface area contributed by atoms with Crippen molar-refractivity contribution in [1.29, 1.82) is 0 Å². The smallest absolute Gasteiger partial charge is 0.240 e. The monoisotopic (exact) mass is 576 g/mol. The van der Waals surface area contributed by atoms with Gasteiger partial charge in [0.2, 0.25) is 11.8 Å². The van der Waals surface area contributed by atoms with Crippen LogP contribution >= 0.6 is 0 Å². The lowest BCUT2D eigenvalue weighted by molar-refractivity contribution is -0.131. The van der Waals surface area contributed by atoms with Crippen molar-refractivity contribution in [2.45, 2.75) is 25.7 Å². The Bertz CT molecular complexity index is 1600. The number of rotatable bonds is 10. The van der Waals surface area contributed by atoms with Crippen molar-refractivity contribution in [2.24, 2.45) is 5.41 Å². The second-order valence-electron chi connectivity index (χ2n) is 10.5. The first-order valence-electron chi connectivity index (χ1n) is 13.9. The number of aryl methyl sites for hydroxylation is 1. The second kappa shape index (κ2) is 11.8. The number of aromatic nitrogens is 3. The molecule has 4 aromatic rings. The van der Waals surface area contributed by atoms with Gasteiger partial charge < -0.3 is 20.1 Å². The highest BCUT2D eigenvalue weighted by Gasteiger charge is 2.56. The number of aromatic amines is 1. The lowest BCUT2D eigenvalue weighted by Gasteiger charge is -2.26. The van der Waals surface area contributed by atoms with E-state index in [1.165, 1.54) is 36.4 Å². The number of hydrogen-bond donors (Lipinski definition) is 3. The summed E-state index contributed by atoms with van der Waals surface area (Å²) in [5, 5.41) is 13.3. The summed E-state index contributed by atoms with van der Waals surface area (Å²) in [7, 11) is 0. The average Bonchev–Trinajstić information content (AvgIpc) is 3.71. The van der Waals surface area contributed by atoms with Gasteiger partial charge in [0.05, 0.1) is 18.6 Å². The minimum absolute atomic E-state index is 0.0313. The van der Waals surface area contributed by atoms with Gasteiger partial charge in [-0.05, 0) is 74.7 Å². The molecule has 0 spiro atoms. The van der Waals surface area contributed by atoms with Gasteiger partial charge in [0, 0.05) is 42.4 Å². The van der Waals surface area contributed by atoms with E-state index in [1.54, 1.807) is 12.3 Å². The highest BCUT2D eigenvalue weighted by Crippen LogP contribution is 2.47. The number of carbonyl (C=O) groups excluding carboxylic acids is 2. The summed E-state index contributed by atoms with van der Waals surface area (Å²) in [4.78, 5) is 32.5. The molecule has 3 N–H and O–H groups in total. The lowest BCUT2D eigenvalue weighted by atomic mass is 10.0. The van der Waals surface area contributed by atoms with Crippen molar-refractivity contribution in [3.8, 4) is 11.5 Å². The molecule has 2 aliphatic rings. The summed E-state index contributed by atoms with van der Waals surface area (Å²) in [6, 6.07) is 11.0. The molecule has 218 valence electrons. The van der Waals surface area contributed by atoms with Gasteiger partial charge in [-0.2, -0.15) is 5.10 Å². The third-order valence-corrected chi connectivity index (χ3v) is 7.63. The topological polar surface area (TPSA) is 121 Å². The van der Waals surface area contributed by atoms with Crippen molar-refractivity contribution < 1.29 is 27.8 Å². The Hall–Kier alpha value is -4.42. The zero-order valence-corrected chi connectivity index (χ0v) is 22.8. The molecular weight excluding hydrogens is 546 g/mol. The van der Waals surface area contributed by atoms with E-state index in [2.05, 4.69) is 30.7 Å². The number of anilines is 2. The molecule has 0 radical (unpaired) electrons. The summed E-state index contributed by atoms with van der Waals surface area (Å²) in [6.07, 6.45) is 3.88. The number of fused-ring (bicyclic) bond motifs is 1. The van der Waals surface area contributed by atoms with Crippen LogP contribution in [-0.2, 0) is 20.7 Å². The first-order chi connectivity index (χ1) is 20.4. The summed E-state index contributed by atoms with van der Waals surface area (Å²) in [6.45, 7) is 4.25. The van der Waals surface area contributed by atoms with Crippen LogP contribution in [0.25, 0.3) is 11.0 Å². The molecule has 3 heterocycles. The van der Waals surface area contributed by atoms with Gasteiger partial charge in [0.1, 0.15) is 17.0 Å². The second-order valence-corrected chi connectivity index (χ2v) is 10.5. The normalized spacial score (nSPS) is 16.2. The van der Waals surface area contributed by atoms with E-state index < -0.39 is 28.9 Å². The Balaban J connectivity index is 1.11. The van der Waals surface area contributed by atoms with Gasteiger partial charge >= 0.3 is 0 Å². The predicted molar refractivity (Wildman–Crippen MR) is 151 cm³/mol. The maximum Gasteiger partial charge on any atom is 0.240 e. The molecule has 1 aliphatic carbocycles. The van der Waals surface area contributed by atoms with E-state index in [0.717, 1.165) is 57.4 Å². The Morgan fingerprint density at radius 1 is 0.976 bits per heavy atom. The summed E-state index contributed by atoms with van der Waals surface area (Å²) < 4.78 is 39.7. The Morgan fingerprint density at radius 3 is 2.40 bits per heavy atom. The van der Waals surface area contributed by atoms with Gasteiger partial charge in [-0.1, -0.05) is 0 Å². The van der Waals surface area contributed by atoms with E-state index in [-0.39, 0.29) is 11.4 Å². The third-order valence-electron chi connectivity index (χ3n) is 7.63.